The molecule has 114 valence electrons. The van der Waals surface area contributed by atoms with E-state index >= 15 is 0 Å². The van der Waals surface area contributed by atoms with Crippen LogP contribution in [0.3, 0.4) is 0 Å². The summed E-state index contributed by atoms with van der Waals surface area (Å²) in [6.45, 7) is 3.75. The Balaban J connectivity index is 2.26. The van der Waals surface area contributed by atoms with Crippen molar-refractivity contribution in [3.8, 4) is 0 Å². The molecule has 0 spiro atoms. The van der Waals surface area contributed by atoms with Crippen LogP contribution in [0.15, 0.2) is 22.5 Å². The molecule has 1 aromatic heterocycles. The molecule has 6 nitrogen and oxygen atoms in total. The average molecular weight is 318 g/mol. The Kier molecular flexibility index (Phi) is 6.97. The lowest BCUT2D eigenvalue weighted by Gasteiger charge is -2.15. The Bertz CT molecular complexity index is 512. The monoisotopic (exact) mass is 318 g/mol. The van der Waals surface area contributed by atoms with Crippen molar-refractivity contribution >= 4 is 27.3 Å². The van der Waals surface area contributed by atoms with Crippen LogP contribution in [0.4, 0.5) is 0 Å². The van der Waals surface area contributed by atoms with Gasteiger partial charge in [0.2, 0.25) is 10.0 Å². The highest BCUT2D eigenvalue weighted by molar-refractivity contribution is 7.88. The quantitative estimate of drug-likeness (QED) is 0.390. The van der Waals surface area contributed by atoms with Gasteiger partial charge >= 0.3 is 0 Å². The van der Waals surface area contributed by atoms with Gasteiger partial charge in [0.15, 0.2) is 5.96 Å². The fraction of sp³-hybridized carbons (Fsp3) is 0.583. The van der Waals surface area contributed by atoms with Gasteiger partial charge in [-0.1, -0.05) is 13.0 Å². The molecule has 0 aliphatic carbocycles. The largest absolute Gasteiger partial charge is 0.356 e. The molecule has 0 fully saturated rings. The van der Waals surface area contributed by atoms with Gasteiger partial charge < -0.3 is 10.6 Å². The fourth-order valence-corrected chi connectivity index (χ4v) is 2.82. The first-order chi connectivity index (χ1) is 9.42. The lowest BCUT2D eigenvalue weighted by Crippen LogP contribution is -2.42. The van der Waals surface area contributed by atoms with E-state index in [1.54, 1.807) is 18.4 Å². The minimum absolute atomic E-state index is 0.333. The predicted molar refractivity (Wildman–Crippen MR) is 84.9 cm³/mol. The molecule has 1 unspecified atom stereocenters. The first kappa shape index (κ1) is 16.9. The highest BCUT2D eigenvalue weighted by atomic mass is 32.2. The Morgan fingerprint density at radius 3 is 2.70 bits per heavy atom. The Morgan fingerprint density at radius 1 is 1.40 bits per heavy atom. The molecule has 1 aromatic rings. The van der Waals surface area contributed by atoms with Crippen molar-refractivity contribution in [1.29, 1.82) is 0 Å². The number of sulfonamides is 1. The molecule has 3 N–H and O–H groups in total. The number of rotatable bonds is 7. The fourth-order valence-electron chi connectivity index (χ4n) is 1.56. The van der Waals surface area contributed by atoms with Gasteiger partial charge in [-0.15, -0.1) is 11.3 Å². The van der Waals surface area contributed by atoms with Crippen molar-refractivity contribution in [3.63, 3.8) is 0 Å². The summed E-state index contributed by atoms with van der Waals surface area (Å²) in [6.07, 6.45) is 1.14. The second-order valence-corrected chi connectivity index (χ2v) is 7.28. The third-order valence-corrected chi connectivity index (χ3v) is 4.44. The van der Waals surface area contributed by atoms with E-state index in [0.717, 1.165) is 12.8 Å². The third-order valence-electron chi connectivity index (χ3n) is 2.61. The smallest absolute Gasteiger partial charge is 0.208 e. The average Bonchev–Trinajstić information content (AvgIpc) is 2.90. The van der Waals surface area contributed by atoms with Gasteiger partial charge in [0.1, 0.15) is 0 Å². The number of nitrogens with one attached hydrogen (secondary N) is 3. The van der Waals surface area contributed by atoms with Gasteiger partial charge in [-0.3, -0.25) is 4.99 Å². The number of aliphatic imine (C=N–C) groups is 1. The molecule has 20 heavy (non-hydrogen) atoms. The SMILES string of the molecule is CN=C(NCCNS(C)(=O)=O)NCC(C)c1cccs1. The maximum atomic E-state index is 10.9. The molecule has 0 radical (unpaired) electrons. The van der Waals surface area contributed by atoms with Crippen LogP contribution >= 0.6 is 11.3 Å². The van der Waals surface area contributed by atoms with Crippen LogP contribution in [0, 0.1) is 0 Å². The molecule has 0 aromatic carbocycles. The van der Waals surface area contributed by atoms with Gasteiger partial charge in [0.05, 0.1) is 6.26 Å². The summed E-state index contributed by atoms with van der Waals surface area (Å²) in [4.78, 5) is 5.42. The predicted octanol–water partition coefficient (Wildman–Crippen LogP) is 0.566. The summed E-state index contributed by atoms with van der Waals surface area (Å²) in [5.74, 6) is 1.08. The maximum absolute atomic E-state index is 10.9. The molecule has 0 aliphatic rings. The minimum Gasteiger partial charge on any atom is -0.356 e. The summed E-state index contributed by atoms with van der Waals surface area (Å²) in [5, 5.41) is 8.35. The minimum atomic E-state index is -3.13. The first-order valence-electron chi connectivity index (χ1n) is 6.35. The van der Waals surface area contributed by atoms with Gasteiger partial charge in [-0.25, -0.2) is 13.1 Å². The van der Waals surface area contributed by atoms with E-state index in [0.29, 0.717) is 25.0 Å². The molecule has 0 bridgehead atoms. The standard InChI is InChI=1S/C12H22N4O2S2/c1-10(11-5-4-8-19-11)9-15-12(13-2)14-6-7-16-20(3,17)18/h4-5,8,10,16H,6-7,9H2,1-3H3,(H2,13,14,15). The van der Waals surface area contributed by atoms with Gasteiger partial charge in [0, 0.05) is 37.5 Å². The maximum Gasteiger partial charge on any atom is 0.208 e. The Morgan fingerprint density at radius 2 is 2.15 bits per heavy atom. The van der Waals surface area contributed by atoms with Crippen molar-refractivity contribution in [2.24, 2.45) is 4.99 Å². The van der Waals surface area contributed by atoms with Crippen molar-refractivity contribution in [1.82, 2.24) is 15.4 Å². The summed E-state index contributed by atoms with van der Waals surface area (Å²) in [7, 11) is -1.44. The summed E-state index contributed by atoms with van der Waals surface area (Å²) in [5.41, 5.74) is 0. The lowest BCUT2D eigenvalue weighted by atomic mass is 10.1. The number of nitrogens with zero attached hydrogens (tertiary/aromatic N) is 1. The van der Waals surface area contributed by atoms with Crippen molar-refractivity contribution < 1.29 is 8.42 Å². The topological polar surface area (TPSA) is 82.6 Å². The second-order valence-electron chi connectivity index (χ2n) is 4.46. The molecular weight excluding hydrogens is 296 g/mol. The van der Waals surface area contributed by atoms with E-state index in [9.17, 15) is 8.42 Å². The van der Waals surface area contributed by atoms with Crippen LogP contribution in [-0.4, -0.2) is 47.3 Å². The number of hydrogen-bond donors (Lipinski definition) is 3. The summed E-state index contributed by atoms with van der Waals surface area (Å²) >= 11 is 1.74. The molecular formula is C12H22N4O2S2. The molecule has 0 saturated heterocycles. The van der Waals surface area contributed by atoms with E-state index in [2.05, 4.69) is 38.7 Å². The van der Waals surface area contributed by atoms with Gasteiger partial charge in [-0.2, -0.15) is 0 Å². The molecule has 1 rings (SSSR count). The number of thiophene rings is 1. The van der Waals surface area contributed by atoms with Crippen LogP contribution in [0.2, 0.25) is 0 Å². The molecule has 0 amide bonds. The van der Waals surface area contributed by atoms with Crippen LogP contribution in [-0.2, 0) is 10.0 Å². The zero-order valence-corrected chi connectivity index (χ0v) is 13.6. The molecule has 8 heteroatoms. The second kappa shape index (κ2) is 8.23. The highest BCUT2D eigenvalue weighted by Crippen LogP contribution is 2.19. The third kappa shape index (κ3) is 6.88. The summed E-state index contributed by atoms with van der Waals surface area (Å²) in [6, 6.07) is 4.16. The number of guanidine groups is 1. The highest BCUT2D eigenvalue weighted by Gasteiger charge is 2.07. The van der Waals surface area contributed by atoms with E-state index in [1.165, 1.54) is 4.88 Å². The molecule has 0 saturated carbocycles. The van der Waals surface area contributed by atoms with Crippen LogP contribution in [0.1, 0.15) is 17.7 Å². The van der Waals surface area contributed by atoms with Crippen LogP contribution < -0.4 is 15.4 Å². The van der Waals surface area contributed by atoms with Crippen LogP contribution in [0.5, 0.6) is 0 Å². The van der Waals surface area contributed by atoms with E-state index in [4.69, 9.17) is 0 Å². The van der Waals surface area contributed by atoms with Crippen LogP contribution in [0.25, 0.3) is 0 Å². The van der Waals surface area contributed by atoms with Crippen molar-refractivity contribution in [3.05, 3.63) is 22.4 Å². The molecule has 1 atom stereocenters. The first-order valence-corrected chi connectivity index (χ1v) is 9.12. The molecule has 1 heterocycles. The molecule has 0 aliphatic heterocycles. The Hall–Kier alpha value is -1.12. The normalized spacial score (nSPS) is 14.1. The lowest BCUT2D eigenvalue weighted by molar-refractivity contribution is 0.586. The van der Waals surface area contributed by atoms with E-state index in [-0.39, 0.29) is 0 Å². The van der Waals surface area contributed by atoms with E-state index < -0.39 is 10.0 Å². The Labute approximate surface area is 124 Å². The summed E-state index contributed by atoms with van der Waals surface area (Å²) < 4.78 is 24.2. The number of hydrogen-bond acceptors (Lipinski definition) is 4. The van der Waals surface area contributed by atoms with Gasteiger partial charge in [-0.05, 0) is 11.4 Å². The van der Waals surface area contributed by atoms with Crippen molar-refractivity contribution in [2.45, 2.75) is 12.8 Å². The van der Waals surface area contributed by atoms with E-state index in [1.807, 2.05) is 6.07 Å². The zero-order valence-electron chi connectivity index (χ0n) is 12.0. The van der Waals surface area contributed by atoms with Crippen molar-refractivity contribution in [2.75, 3.05) is 32.9 Å². The zero-order chi connectivity index (χ0) is 15.0. The van der Waals surface area contributed by atoms with Gasteiger partial charge in [0.25, 0.3) is 0 Å².